The molecule has 1 aliphatic rings. The summed E-state index contributed by atoms with van der Waals surface area (Å²) in [6, 6.07) is 3.11. The van der Waals surface area contributed by atoms with Gasteiger partial charge in [-0.1, -0.05) is 13.3 Å². The Morgan fingerprint density at radius 3 is 2.61 bits per heavy atom. The monoisotopic (exact) mass is 251 g/mol. The summed E-state index contributed by atoms with van der Waals surface area (Å²) in [6.07, 6.45) is 4.66. The molecule has 1 unspecified atom stereocenters. The Bertz CT molecular complexity index is 280. The topological polar surface area (TPSA) is 30.3 Å². The van der Waals surface area contributed by atoms with Crippen LogP contribution in [0, 0.1) is 16.7 Å². The van der Waals surface area contributed by atoms with Gasteiger partial charge in [-0.05, 0) is 46.7 Å². The van der Waals surface area contributed by atoms with Gasteiger partial charge in [-0.2, -0.15) is 5.26 Å². The van der Waals surface area contributed by atoms with Gasteiger partial charge in [-0.15, -0.1) is 0 Å². The van der Waals surface area contributed by atoms with Gasteiger partial charge >= 0.3 is 0 Å². The number of nitrogens with zero attached hydrogens (tertiary/aromatic N) is 3. The molecule has 0 N–H and O–H groups in total. The van der Waals surface area contributed by atoms with Gasteiger partial charge in [-0.3, -0.25) is 0 Å². The second-order valence-corrected chi connectivity index (χ2v) is 6.30. The van der Waals surface area contributed by atoms with Crippen molar-refractivity contribution in [3.63, 3.8) is 0 Å². The van der Waals surface area contributed by atoms with Gasteiger partial charge in [0.1, 0.15) is 0 Å². The number of unbranched alkanes of at least 4 members (excludes halogenated alkanes) is 1. The van der Waals surface area contributed by atoms with Crippen LogP contribution in [0.2, 0.25) is 0 Å². The highest BCUT2D eigenvalue weighted by atomic mass is 15.3. The molecule has 3 heteroatoms. The van der Waals surface area contributed by atoms with Crippen LogP contribution in [0.15, 0.2) is 0 Å². The molecule has 0 spiro atoms. The molecule has 1 aliphatic heterocycles. The lowest BCUT2D eigenvalue weighted by atomic mass is 9.89. The van der Waals surface area contributed by atoms with Crippen LogP contribution in [0.5, 0.6) is 0 Å². The molecule has 0 saturated carbocycles. The van der Waals surface area contributed by atoms with E-state index in [1.54, 1.807) is 0 Å². The molecule has 0 aromatic rings. The van der Waals surface area contributed by atoms with Gasteiger partial charge < -0.3 is 9.80 Å². The summed E-state index contributed by atoms with van der Waals surface area (Å²) in [4.78, 5) is 5.07. The Morgan fingerprint density at radius 1 is 1.28 bits per heavy atom. The van der Waals surface area contributed by atoms with Gasteiger partial charge in [0, 0.05) is 25.7 Å². The van der Waals surface area contributed by atoms with Crippen LogP contribution in [0.3, 0.4) is 0 Å². The molecule has 0 radical (unpaired) electrons. The second kappa shape index (κ2) is 7.11. The van der Waals surface area contributed by atoms with Crippen molar-refractivity contribution in [2.75, 3.05) is 33.2 Å². The first-order chi connectivity index (χ1) is 8.48. The molecule has 18 heavy (non-hydrogen) atoms. The minimum atomic E-state index is -0.145. The summed E-state index contributed by atoms with van der Waals surface area (Å²) in [5.41, 5.74) is -0.145. The van der Waals surface area contributed by atoms with E-state index in [1.165, 1.54) is 45.4 Å². The molecule has 0 aliphatic carbocycles. The zero-order valence-corrected chi connectivity index (χ0v) is 12.6. The summed E-state index contributed by atoms with van der Waals surface area (Å²) in [7, 11) is 2.24. The fourth-order valence-corrected chi connectivity index (χ4v) is 2.61. The van der Waals surface area contributed by atoms with Gasteiger partial charge in [0.2, 0.25) is 0 Å². The first kappa shape index (κ1) is 15.5. The van der Waals surface area contributed by atoms with Crippen molar-refractivity contribution in [3.8, 4) is 6.07 Å². The molecule has 1 atom stereocenters. The number of hydrogen-bond donors (Lipinski definition) is 0. The highest BCUT2D eigenvalue weighted by Crippen LogP contribution is 2.22. The Morgan fingerprint density at radius 2 is 2.00 bits per heavy atom. The van der Waals surface area contributed by atoms with E-state index in [1.807, 2.05) is 13.8 Å². The van der Waals surface area contributed by atoms with Crippen molar-refractivity contribution in [1.29, 1.82) is 5.26 Å². The predicted molar refractivity (Wildman–Crippen MR) is 76.4 cm³/mol. The molecule has 1 saturated heterocycles. The molecular weight excluding hydrogens is 222 g/mol. The maximum absolute atomic E-state index is 8.97. The Balaban J connectivity index is 2.19. The summed E-state index contributed by atoms with van der Waals surface area (Å²) in [5, 5.41) is 8.97. The standard InChI is InChI=1S/C15H29N3/c1-5-14-12-18(11-10-17(14)4)9-7-6-8-15(2,3)13-16/h14H,5-12H2,1-4H3. The summed E-state index contributed by atoms with van der Waals surface area (Å²) < 4.78 is 0. The maximum atomic E-state index is 8.97. The van der Waals surface area contributed by atoms with E-state index in [0.29, 0.717) is 0 Å². The number of piperazine rings is 1. The van der Waals surface area contributed by atoms with Gasteiger partial charge in [0.05, 0.1) is 11.5 Å². The van der Waals surface area contributed by atoms with E-state index in [4.69, 9.17) is 5.26 Å². The molecule has 3 nitrogen and oxygen atoms in total. The fourth-order valence-electron chi connectivity index (χ4n) is 2.61. The zero-order valence-electron chi connectivity index (χ0n) is 12.6. The van der Waals surface area contributed by atoms with E-state index < -0.39 is 0 Å². The van der Waals surface area contributed by atoms with Crippen molar-refractivity contribution in [2.24, 2.45) is 5.41 Å². The molecule has 104 valence electrons. The van der Waals surface area contributed by atoms with Gasteiger partial charge in [0.25, 0.3) is 0 Å². The molecule has 0 amide bonds. The van der Waals surface area contributed by atoms with Crippen molar-refractivity contribution < 1.29 is 0 Å². The third-order valence-electron chi connectivity index (χ3n) is 4.16. The minimum Gasteiger partial charge on any atom is -0.301 e. The summed E-state index contributed by atoms with van der Waals surface area (Å²) in [5.74, 6) is 0. The fraction of sp³-hybridized carbons (Fsp3) is 0.933. The van der Waals surface area contributed by atoms with Crippen LogP contribution in [0.4, 0.5) is 0 Å². The molecule has 1 heterocycles. The van der Waals surface area contributed by atoms with Gasteiger partial charge in [0.15, 0.2) is 0 Å². The molecule has 1 rings (SSSR count). The number of nitriles is 1. The van der Waals surface area contributed by atoms with E-state index >= 15 is 0 Å². The SMILES string of the molecule is CCC1CN(CCCCC(C)(C)C#N)CCN1C. The Hall–Kier alpha value is -0.590. The van der Waals surface area contributed by atoms with Crippen LogP contribution in [0.1, 0.15) is 46.5 Å². The van der Waals surface area contributed by atoms with Crippen molar-refractivity contribution in [1.82, 2.24) is 9.80 Å². The molecule has 0 aromatic carbocycles. The normalized spacial score (nSPS) is 22.9. The molecule has 0 aromatic heterocycles. The number of hydrogen-bond acceptors (Lipinski definition) is 3. The molecule has 1 fully saturated rings. The third-order valence-corrected chi connectivity index (χ3v) is 4.16. The zero-order chi connectivity index (χ0) is 13.6. The summed E-state index contributed by atoms with van der Waals surface area (Å²) >= 11 is 0. The molecular formula is C15H29N3. The van der Waals surface area contributed by atoms with E-state index in [-0.39, 0.29) is 5.41 Å². The highest BCUT2D eigenvalue weighted by Gasteiger charge is 2.22. The first-order valence-corrected chi connectivity index (χ1v) is 7.32. The van der Waals surface area contributed by atoms with Crippen molar-refractivity contribution in [2.45, 2.75) is 52.5 Å². The lowest BCUT2D eigenvalue weighted by molar-refractivity contribution is 0.0915. The van der Waals surface area contributed by atoms with Crippen LogP contribution >= 0.6 is 0 Å². The largest absolute Gasteiger partial charge is 0.301 e. The smallest absolute Gasteiger partial charge is 0.0683 e. The van der Waals surface area contributed by atoms with Crippen LogP contribution in [-0.2, 0) is 0 Å². The first-order valence-electron chi connectivity index (χ1n) is 7.32. The third kappa shape index (κ3) is 4.96. The van der Waals surface area contributed by atoms with Crippen molar-refractivity contribution >= 4 is 0 Å². The number of rotatable bonds is 6. The second-order valence-electron chi connectivity index (χ2n) is 6.30. The Kier molecular flexibility index (Phi) is 6.11. The average molecular weight is 251 g/mol. The number of likely N-dealkylation sites (N-methyl/N-ethyl adjacent to an activating group) is 1. The lowest BCUT2D eigenvalue weighted by Crippen LogP contribution is -2.51. The van der Waals surface area contributed by atoms with E-state index in [9.17, 15) is 0 Å². The van der Waals surface area contributed by atoms with Crippen LogP contribution in [-0.4, -0.2) is 49.1 Å². The van der Waals surface area contributed by atoms with Gasteiger partial charge in [-0.25, -0.2) is 0 Å². The van der Waals surface area contributed by atoms with Crippen LogP contribution < -0.4 is 0 Å². The predicted octanol–water partition coefficient (Wildman–Crippen LogP) is 2.73. The van der Waals surface area contributed by atoms with E-state index in [0.717, 1.165) is 12.5 Å². The van der Waals surface area contributed by atoms with Crippen molar-refractivity contribution in [3.05, 3.63) is 0 Å². The molecule has 0 bridgehead atoms. The quantitative estimate of drug-likeness (QED) is 0.680. The average Bonchev–Trinajstić information content (AvgIpc) is 2.36. The highest BCUT2D eigenvalue weighted by molar-refractivity contribution is 4.91. The van der Waals surface area contributed by atoms with E-state index in [2.05, 4.69) is 29.8 Å². The maximum Gasteiger partial charge on any atom is 0.0683 e. The minimum absolute atomic E-state index is 0.145. The van der Waals surface area contributed by atoms with Crippen LogP contribution in [0.25, 0.3) is 0 Å². The lowest BCUT2D eigenvalue weighted by Gasteiger charge is -2.39. The Labute approximate surface area is 113 Å². The summed E-state index contributed by atoms with van der Waals surface area (Å²) in [6.45, 7) is 11.2.